The largest absolute Gasteiger partial charge is 0.452 e. The minimum Gasteiger partial charge on any atom is -0.452 e. The van der Waals surface area contributed by atoms with Gasteiger partial charge in [0.05, 0.1) is 0 Å². The Morgan fingerprint density at radius 2 is 0.687 bits per heavy atom. The molecule has 0 aliphatic rings. The van der Waals surface area contributed by atoms with Gasteiger partial charge in [0.2, 0.25) is 12.3 Å². The summed E-state index contributed by atoms with van der Waals surface area (Å²) in [4.78, 5) is 24.5. The van der Waals surface area contributed by atoms with Crippen LogP contribution in [0, 0.1) is 116 Å². The molecule has 0 fully saturated rings. The van der Waals surface area contributed by atoms with Crippen LogP contribution in [0.15, 0.2) is 54.7 Å². The number of pyridine rings is 1. The first-order valence-corrected chi connectivity index (χ1v) is 18.1. The number of nitrogens with zero attached hydrogens (tertiary/aromatic N) is 1. The Kier molecular flexibility index (Phi) is 14.3. The second-order valence-electron chi connectivity index (χ2n) is 14.8. The Morgan fingerprint density at radius 1 is 0.418 bits per heavy atom. The lowest BCUT2D eigenvalue weighted by molar-refractivity contribution is -0.685. The van der Waals surface area contributed by atoms with Crippen LogP contribution in [0.25, 0.3) is 0 Å². The Hall–Kier alpha value is -6.95. The smallest absolute Gasteiger partial charge is 0.404 e. The van der Waals surface area contributed by atoms with Crippen LogP contribution in [0.2, 0.25) is 0 Å². The summed E-state index contributed by atoms with van der Waals surface area (Å²) in [5, 5.41) is 0. The van der Waals surface area contributed by atoms with Crippen LogP contribution in [0.1, 0.15) is 41.6 Å². The molecule has 6 aromatic rings. The lowest BCUT2D eigenvalue weighted by Crippen LogP contribution is -2.81. The highest BCUT2D eigenvalue weighted by Gasteiger charge is 2.52. The lowest BCUT2D eigenvalue weighted by atomic mass is 9.12. The fourth-order valence-electron chi connectivity index (χ4n) is 6.87. The van der Waals surface area contributed by atoms with Crippen LogP contribution >= 0.6 is 0 Å². The zero-order chi connectivity index (χ0) is 50.5. The zero-order valence-electron chi connectivity index (χ0n) is 33.2. The maximum Gasteiger partial charge on any atom is 0.404 e. The van der Waals surface area contributed by atoms with Crippen LogP contribution < -0.4 is 26.4 Å². The average Bonchev–Trinajstić information content (AvgIpc) is 3.29. The van der Waals surface area contributed by atoms with Gasteiger partial charge in [0.15, 0.2) is 76.0 Å². The molecule has 0 bridgehead atoms. The molecular weight excluding hydrogens is 957 g/mol. The molecule has 0 spiro atoms. The molecule has 6 rings (SSSR count). The van der Waals surface area contributed by atoms with Crippen molar-refractivity contribution in [3.05, 3.63) is 182 Å². The highest BCUT2D eigenvalue weighted by Crippen LogP contribution is 2.31. The molecule has 0 aliphatic carbocycles. The van der Waals surface area contributed by atoms with Crippen molar-refractivity contribution in [3.8, 4) is 0 Å². The Labute approximate surface area is 361 Å². The van der Waals surface area contributed by atoms with E-state index in [1.54, 1.807) is 41.1 Å². The molecule has 25 heteroatoms. The molecular formula is C42H20BF20NO3. The highest BCUT2D eigenvalue weighted by atomic mass is 19.2. The van der Waals surface area contributed by atoms with Crippen molar-refractivity contribution in [3.63, 3.8) is 0 Å². The third-order valence-corrected chi connectivity index (χ3v) is 9.67. The molecule has 0 saturated heterocycles. The van der Waals surface area contributed by atoms with E-state index >= 15 is 35.1 Å². The quantitative estimate of drug-likeness (QED) is 0.0292. The second-order valence-corrected chi connectivity index (χ2v) is 14.8. The number of esters is 1. The summed E-state index contributed by atoms with van der Waals surface area (Å²) in [7, 11) is 0. The average molecular weight is 977 g/mol. The van der Waals surface area contributed by atoms with Gasteiger partial charge < -0.3 is 4.74 Å². The number of benzene rings is 5. The summed E-state index contributed by atoms with van der Waals surface area (Å²) in [5.74, 6) is -71.9. The van der Waals surface area contributed by atoms with Gasteiger partial charge in [-0.05, 0) is 26.8 Å². The van der Waals surface area contributed by atoms with Crippen LogP contribution in [0.4, 0.5) is 87.8 Å². The van der Waals surface area contributed by atoms with Gasteiger partial charge in [0.25, 0.3) is 5.69 Å². The van der Waals surface area contributed by atoms with Crippen LogP contribution in [-0.4, -0.2) is 23.5 Å². The van der Waals surface area contributed by atoms with Gasteiger partial charge >= 0.3 is 5.97 Å². The molecule has 0 radical (unpaired) electrons. The van der Waals surface area contributed by atoms with Crippen LogP contribution in [-0.2, 0) is 11.3 Å². The molecule has 0 amide bonds. The minimum atomic E-state index is -7.22. The summed E-state index contributed by atoms with van der Waals surface area (Å²) >= 11 is 0. The molecule has 0 unspecified atom stereocenters. The van der Waals surface area contributed by atoms with Crippen molar-refractivity contribution in [1.82, 2.24) is 0 Å². The molecule has 5 aromatic carbocycles. The zero-order valence-corrected chi connectivity index (χ0v) is 33.2. The van der Waals surface area contributed by atoms with Gasteiger partial charge in [-0.15, -0.1) is 21.9 Å². The molecule has 354 valence electrons. The van der Waals surface area contributed by atoms with Crippen molar-refractivity contribution in [2.24, 2.45) is 0 Å². The number of Topliss-reactive ketones (excluding diaryl/α,β-unsaturated/α-hetero) is 1. The van der Waals surface area contributed by atoms with E-state index in [9.17, 15) is 62.3 Å². The molecule has 1 aromatic heterocycles. The van der Waals surface area contributed by atoms with E-state index in [0.717, 1.165) is 0 Å². The van der Waals surface area contributed by atoms with Crippen molar-refractivity contribution in [2.75, 3.05) is 0 Å². The topological polar surface area (TPSA) is 47.2 Å². The number of hydrogen-bond acceptors (Lipinski definition) is 3. The first-order valence-electron chi connectivity index (χ1n) is 18.1. The lowest BCUT2D eigenvalue weighted by Gasteiger charge is -2.44. The monoisotopic (exact) mass is 977 g/mol. The van der Waals surface area contributed by atoms with Gasteiger partial charge in [0, 0.05) is 17.7 Å². The SMILES string of the molecule is CC(C)(C)OC(=O)c1cccc[n+]1CC(=O)c1ccccc1.Fc1c(F)c(F)c([B-](c2c(F)c(F)c(F)c(F)c2F)(c2c(F)c(F)c(F)c(F)c2F)c2c(F)c(F)c(F)c(F)c2F)c(F)c1F. The number of hydrogen-bond donors (Lipinski definition) is 0. The molecule has 67 heavy (non-hydrogen) atoms. The molecule has 0 N–H and O–H groups in total. The highest BCUT2D eigenvalue weighted by molar-refractivity contribution is 7.20. The first kappa shape index (κ1) is 51.0. The van der Waals surface area contributed by atoms with Crippen molar-refractivity contribution < 1.29 is 107 Å². The normalized spacial score (nSPS) is 11.7. The van der Waals surface area contributed by atoms with Crippen molar-refractivity contribution in [1.29, 1.82) is 0 Å². The maximum absolute atomic E-state index is 15.4. The molecule has 0 aliphatic heterocycles. The standard InChI is InChI=1S/C24BF20.C18H20NO3/c26-5-1(6(27)14(35)21(42)13(5)34)25(2-7(28)15(36)22(43)16(37)8(2)29,3-9(30)17(38)23(44)18(39)10(3)31)4-11(32)19(40)24(45)20(41)12(4)33;1-18(2,3)22-17(21)15-11-7-8-12-19(15)13-16(20)14-9-5-4-6-10-14/h;4-12H,13H2,1-3H3/q-1;+1. The number of halogens is 20. The number of ketones is 1. The summed E-state index contributed by atoms with van der Waals surface area (Å²) in [5.41, 5.74) is -13.9. The second kappa shape index (κ2) is 18.7. The molecule has 4 nitrogen and oxygen atoms in total. The summed E-state index contributed by atoms with van der Waals surface area (Å²) in [6.07, 6.45) is -5.51. The Bertz CT molecular complexity index is 2620. The van der Waals surface area contributed by atoms with E-state index in [4.69, 9.17) is 4.74 Å². The van der Waals surface area contributed by atoms with Crippen molar-refractivity contribution >= 4 is 39.7 Å². The Balaban J connectivity index is 0.000000319. The van der Waals surface area contributed by atoms with E-state index in [1.807, 2.05) is 39.0 Å². The third kappa shape index (κ3) is 8.65. The van der Waals surface area contributed by atoms with Gasteiger partial charge in [0.1, 0.15) is 58.3 Å². The molecule has 1 heterocycles. The summed E-state index contributed by atoms with van der Waals surface area (Å²) in [6, 6.07) is 14.2. The van der Waals surface area contributed by atoms with Gasteiger partial charge in [-0.1, -0.05) is 30.3 Å². The van der Waals surface area contributed by atoms with Gasteiger partial charge in [-0.2, -0.15) is 4.57 Å². The fourth-order valence-corrected chi connectivity index (χ4v) is 6.87. The van der Waals surface area contributed by atoms with E-state index < -0.39 is 156 Å². The predicted molar refractivity (Wildman–Crippen MR) is 192 cm³/mol. The van der Waals surface area contributed by atoms with Crippen molar-refractivity contribution in [2.45, 2.75) is 32.9 Å². The van der Waals surface area contributed by atoms with Crippen LogP contribution in [0.3, 0.4) is 0 Å². The minimum absolute atomic E-state index is 0.0541. The number of ether oxygens (including phenoxy) is 1. The summed E-state index contributed by atoms with van der Waals surface area (Å²) in [6.45, 7) is 5.54. The predicted octanol–water partition coefficient (Wildman–Crippen LogP) is 8.66. The van der Waals surface area contributed by atoms with E-state index in [-0.39, 0.29) is 12.3 Å². The van der Waals surface area contributed by atoms with Crippen LogP contribution in [0.5, 0.6) is 0 Å². The van der Waals surface area contributed by atoms with Gasteiger partial charge in [-0.3, -0.25) is 4.79 Å². The Morgan fingerprint density at radius 3 is 0.970 bits per heavy atom. The van der Waals surface area contributed by atoms with E-state index in [2.05, 4.69) is 0 Å². The fraction of sp³-hybridized carbons (Fsp3) is 0.119. The van der Waals surface area contributed by atoms with E-state index in [1.165, 1.54) is 0 Å². The van der Waals surface area contributed by atoms with E-state index in [0.29, 0.717) is 11.3 Å². The third-order valence-electron chi connectivity index (χ3n) is 9.67. The number of carbonyl (C=O) groups is 2. The number of rotatable bonds is 8. The van der Waals surface area contributed by atoms with Gasteiger partial charge in [-0.25, -0.2) is 92.6 Å². The first-order chi connectivity index (χ1) is 31.1. The number of aromatic nitrogens is 1. The summed E-state index contributed by atoms with van der Waals surface area (Å²) < 4.78 is 301. The molecule has 0 saturated carbocycles. The maximum atomic E-state index is 15.4. The number of carbonyl (C=O) groups excluding carboxylic acids is 2. The molecule has 0 atom stereocenters.